The van der Waals surface area contributed by atoms with Crippen LogP contribution in [-0.2, 0) is 6.54 Å². The molecule has 14 nitrogen and oxygen atoms in total. The Kier molecular flexibility index (Phi) is 8.29. The molecule has 1 aromatic heterocycles. The first-order chi connectivity index (χ1) is 19.7. The van der Waals surface area contributed by atoms with Crippen molar-refractivity contribution in [2.45, 2.75) is 6.54 Å². The zero-order chi connectivity index (χ0) is 29.5. The molecule has 0 aliphatic carbocycles. The van der Waals surface area contributed by atoms with E-state index < -0.39 is 33.1 Å². The van der Waals surface area contributed by atoms with Crippen LogP contribution in [0.5, 0.6) is 23.4 Å². The predicted molar refractivity (Wildman–Crippen MR) is 145 cm³/mol. The molecule has 0 fully saturated rings. The van der Waals surface area contributed by atoms with Gasteiger partial charge in [0, 0.05) is 38.3 Å². The van der Waals surface area contributed by atoms with E-state index in [0.717, 1.165) is 17.7 Å². The van der Waals surface area contributed by atoms with Gasteiger partial charge in [-0.05, 0) is 29.8 Å². The van der Waals surface area contributed by atoms with E-state index in [-0.39, 0.29) is 40.9 Å². The molecule has 3 aromatic carbocycles. The zero-order valence-electron chi connectivity index (χ0n) is 21.7. The van der Waals surface area contributed by atoms with E-state index in [1.54, 1.807) is 44.4 Å². The molecule has 1 heterocycles. The van der Waals surface area contributed by atoms with Gasteiger partial charge in [0.05, 0.1) is 21.5 Å². The van der Waals surface area contributed by atoms with Crippen LogP contribution in [0.15, 0.2) is 72.8 Å². The summed E-state index contributed by atoms with van der Waals surface area (Å²) in [7, 11) is 3.14. The molecular formula is C27H21N7O7. The quantitative estimate of drug-likeness (QED) is 0.203. The van der Waals surface area contributed by atoms with Gasteiger partial charge in [-0.15, -0.1) is 0 Å². The first-order valence-corrected chi connectivity index (χ1v) is 11.9. The van der Waals surface area contributed by atoms with E-state index in [1.165, 1.54) is 29.2 Å². The van der Waals surface area contributed by atoms with E-state index in [1.807, 2.05) is 12.1 Å². The van der Waals surface area contributed by atoms with Crippen molar-refractivity contribution in [1.82, 2.24) is 14.9 Å². The molecule has 206 valence electrons. The summed E-state index contributed by atoms with van der Waals surface area (Å²) in [5.74, 6) is -1.48. The van der Waals surface area contributed by atoms with Gasteiger partial charge in [0.25, 0.3) is 5.91 Å². The Morgan fingerprint density at radius 3 is 2.39 bits per heavy atom. The summed E-state index contributed by atoms with van der Waals surface area (Å²) in [6.07, 6.45) is 0. The number of rotatable bonds is 10. The summed E-state index contributed by atoms with van der Waals surface area (Å²) in [5.41, 5.74) is -0.0292. The van der Waals surface area contributed by atoms with Gasteiger partial charge in [0.15, 0.2) is 0 Å². The topological polar surface area (TPSA) is 187 Å². The van der Waals surface area contributed by atoms with Gasteiger partial charge >= 0.3 is 23.3 Å². The molecule has 0 bridgehead atoms. The van der Waals surface area contributed by atoms with Gasteiger partial charge in [-0.1, -0.05) is 36.4 Å². The monoisotopic (exact) mass is 555 g/mol. The van der Waals surface area contributed by atoms with Gasteiger partial charge < -0.3 is 19.7 Å². The molecule has 0 saturated heterocycles. The number of benzene rings is 3. The number of carbonyl (C=O) groups is 1. The normalized spacial score (nSPS) is 10.3. The highest BCUT2D eigenvalue weighted by Gasteiger charge is 2.29. The third kappa shape index (κ3) is 6.67. The minimum absolute atomic E-state index is 0.0527. The van der Waals surface area contributed by atoms with Crippen molar-refractivity contribution in [1.29, 1.82) is 5.26 Å². The average Bonchev–Trinajstić information content (AvgIpc) is 2.95. The Morgan fingerprint density at radius 1 is 0.976 bits per heavy atom. The number of ether oxygens (including phenoxy) is 2. The number of nitrogens with zero attached hydrogens (tertiary/aromatic N) is 6. The first-order valence-electron chi connectivity index (χ1n) is 11.9. The number of aromatic nitrogens is 2. The SMILES string of the molecule is CN(C)C(=O)c1cccc(Oc2nc(Oc3cc(C#N)ccc3[N+](=O)[O-])nc(NCc3ccccc3)c2[N+](=O)[O-])c1. The van der Waals surface area contributed by atoms with Crippen LogP contribution in [-0.4, -0.2) is 44.7 Å². The lowest BCUT2D eigenvalue weighted by molar-refractivity contribution is -0.385. The fourth-order valence-corrected chi connectivity index (χ4v) is 3.58. The van der Waals surface area contributed by atoms with E-state index >= 15 is 0 Å². The molecule has 0 unspecified atom stereocenters. The molecule has 14 heteroatoms. The van der Waals surface area contributed by atoms with Gasteiger partial charge in [-0.25, -0.2) is 0 Å². The van der Waals surface area contributed by atoms with Crippen molar-refractivity contribution in [3.05, 3.63) is 110 Å². The number of amides is 1. The lowest BCUT2D eigenvalue weighted by atomic mass is 10.2. The fourth-order valence-electron chi connectivity index (χ4n) is 3.58. The maximum absolute atomic E-state index is 12.4. The van der Waals surface area contributed by atoms with Crippen LogP contribution in [0, 0.1) is 31.6 Å². The Labute approximate surface area is 232 Å². The summed E-state index contributed by atoms with van der Waals surface area (Å²) in [6.45, 7) is 0.120. The molecule has 1 N–H and O–H groups in total. The minimum Gasteiger partial charge on any atom is -0.433 e. The Bertz CT molecular complexity index is 1670. The maximum atomic E-state index is 12.4. The smallest absolute Gasteiger partial charge is 0.373 e. The molecule has 41 heavy (non-hydrogen) atoms. The van der Waals surface area contributed by atoms with Gasteiger partial charge in [-0.2, -0.15) is 15.2 Å². The van der Waals surface area contributed by atoms with Gasteiger partial charge in [-0.3, -0.25) is 25.0 Å². The lowest BCUT2D eigenvalue weighted by Crippen LogP contribution is -2.21. The largest absolute Gasteiger partial charge is 0.433 e. The van der Waals surface area contributed by atoms with Gasteiger partial charge in [0.1, 0.15) is 5.75 Å². The number of carbonyl (C=O) groups excluding carboxylic acids is 1. The van der Waals surface area contributed by atoms with Crippen LogP contribution < -0.4 is 14.8 Å². The molecule has 0 aliphatic heterocycles. The van der Waals surface area contributed by atoms with E-state index in [9.17, 15) is 30.3 Å². The first kappa shape index (κ1) is 27.9. The second-order valence-electron chi connectivity index (χ2n) is 8.59. The third-order valence-electron chi connectivity index (χ3n) is 5.51. The highest BCUT2D eigenvalue weighted by Crippen LogP contribution is 2.39. The van der Waals surface area contributed by atoms with Crippen molar-refractivity contribution in [3.8, 4) is 29.5 Å². The standard InChI is InChI=1S/C27H21N7O7/c1-32(2)26(35)19-9-6-10-20(14-19)40-25-23(34(38)39)24(29-16-17-7-4-3-5-8-17)30-27(31-25)41-22-13-18(15-28)11-12-21(22)33(36)37/h3-14H,16H2,1-2H3,(H,29,30,31). The number of nitro benzene ring substituents is 1. The molecule has 0 saturated carbocycles. The molecule has 0 spiro atoms. The maximum Gasteiger partial charge on any atom is 0.373 e. The molecule has 0 aliphatic rings. The number of anilines is 1. The molecule has 0 radical (unpaired) electrons. The second-order valence-corrected chi connectivity index (χ2v) is 8.59. The average molecular weight is 556 g/mol. The third-order valence-corrected chi connectivity index (χ3v) is 5.51. The van der Waals surface area contributed by atoms with Crippen molar-refractivity contribution in [2.24, 2.45) is 0 Å². The van der Waals surface area contributed by atoms with Crippen LogP contribution in [0.3, 0.4) is 0 Å². The van der Waals surface area contributed by atoms with Crippen LogP contribution in [0.25, 0.3) is 0 Å². The van der Waals surface area contributed by atoms with E-state index in [4.69, 9.17) is 9.47 Å². The minimum atomic E-state index is -0.750. The van der Waals surface area contributed by atoms with Crippen LogP contribution >= 0.6 is 0 Å². The number of hydrogen-bond donors (Lipinski definition) is 1. The highest BCUT2D eigenvalue weighted by atomic mass is 16.6. The Hall–Kier alpha value is -6.10. The van der Waals surface area contributed by atoms with E-state index in [0.29, 0.717) is 0 Å². The Balaban J connectivity index is 1.82. The van der Waals surface area contributed by atoms with Crippen molar-refractivity contribution >= 4 is 23.1 Å². The van der Waals surface area contributed by atoms with E-state index in [2.05, 4.69) is 15.3 Å². The summed E-state index contributed by atoms with van der Waals surface area (Å²) in [6, 6.07) is 19.7. The number of nitriles is 1. The molecule has 1 amide bonds. The summed E-state index contributed by atoms with van der Waals surface area (Å²) >= 11 is 0. The van der Waals surface area contributed by atoms with Crippen LogP contribution in [0.1, 0.15) is 21.5 Å². The summed E-state index contributed by atoms with van der Waals surface area (Å²) in [4.78, 5) is 44.2. The molecule has 4 rings (SSSR count). The van der Waals surface area contributed by atoms with Gasteiger partial charge in [0.2, 0.25) is 11.6 Å². The summed E-state index contributed by atoms with van der Waals surface area (Å²) < 4.78 is 11.4. The molecular weight excluding hydrogens is 534 g/mol. The van der Waals surface area contributed by atoms with Crippen molar-refractivity contribution < 1.29 is 24.1 Å². The van der Waals surface area contributed by atoms with Crippen LogP contribution in [0.2, 0.25) is 0 Å². The van der Waals surface area contributed by atoms with Crippen molar-refractivity contribution in [3.63, 3.8) is 0 Å². The second kappa shape index (κ2) is 12.2. The molecule has 0 atom stereocenters. The zero-order valence-corrected chi connectivity index (χ0v) is 21.7. The number of nitrogens with one attached hydrogen (secondary N) is 1. The van der Waals surface area contributed by atoms with Crippen molar-refractivity contribution in [2.75, 3.05) is 19.4 Å². The fraction of sp³-hybridized carbons (Fsp3) is 0.111. The predicted octanol–water partition coefficient (Wildman–Crippen LogP) is 5.06. The summed E-state index contributed by atoms with van der Waals surface area (Å²) in [5, 5.41) is 35.9. The number of hydrogen-bond acceptors (Lipinski definition) is 11. The number of nitro groups is 2. The lowest BCUT2D eigenvalue weighted by Gasteiger charge is -2.14. The molecule has 4 aromatic rings. The Morgan fingerprint density at radius 2 is 1.73 bits per heavy atom. The van der Waals surface area contributed by atoms with Crippen LogP contribution in [0.4, 0.5) is 17.2 Å². The highest BCUT2D eigenvalue weighted by molar-refractivity contribution is 5.94.